The molecule has 0 aliphatic heterocycles. The van der Waals surface area contributed by atoms with Gasteiger partial charge in [-0.05, 0) is 37.6 Å². The first-order valence-electron chi connectivity index (χ1n) is 8.15. The van der Waals surface area contributed by atoms with Gasteiger partial charge in [0.1, 0.15) is 5.75 Å². The summed E-state index contributed by atoms with van der Waals surface area (Å²) in [6.07, 6.45) is -8.70. The molecule has 0 saturated carbocycles. The molecule has 0 radical (unpaired) electrons. The smallest absolute Gasteiger partial charge is 0.435 e. The number of ether oxygens (including phenoxy) is 1. The number of benzene rings is 1. The Morgan fingerprint density at radius 1 is 1.18 bits per heavy atom. The standard InChI is InChI=1S/C17H17F6N3O2/c1-11-8-14(17(21,22)23)25-26(11)7-3-6-24-15(27)12-4-2-5-13(9-12)28-10-16(18,19)20/h2,4-5,8-9H,3,6-7,10H2,1H3,(H,24,27). The van der Waals surface area contributed by atoms with Crippen LogP contribution in [0.15, 0.2) is 30.3 Å². The normalized spacial score (nSPS) is 12.1. The second-order valence-corrected chi connectivity index (χ2v) is 5.93. The molecule has 1 aromatic heterocycles. The largest absolute Gasteiger partial charge is 0.484 e. The fourth-order valence-corrected chi connectivity index (χ4v) is 2.30. The number of carbonyl (C=O) groups is 1. The topological polar surface area (TPSA) is 56.2 Å². The van der Waals surface area contributed by atoms with E-state index in [9.17, 15) is 31.1 Å². The van der Waals surface area contributed by atoms with Gasteiger partial charge in [-0.1, -0.05) is 6.07 Å². The van der Waals surface area contributed by atoms with Crippen LogP contribution in [0.25, 0.3) is 0 Å². The van der Waals surface area contributed by atoms with Crippen molar-refractivity contribution in [2.75, 3.05) is 13.2 Å². The third-order valence-corrected chi connectivity index (χ3v) is 3.60. The molecule has 28 heavy (non-hydrogen) atoms. The number of nitrogens with one attached hydrogen (secondary N) is 1. The molecule has 0 unspecified atom stereocenters. The van der Waals surface area contributed by atoms with Crippen LogP contribution in [0, 0.1) is 6.92 Å². The number of hydrogen-bond acceptors (Lipinski definition) is 3. The molecule has 11 heteroatoms. The summed E-state index contributed by atoms with van der Waals surface area (Å²) < 4.78 is 80.1. The average Bonchev–Trinajstić information content (AvgIpc) is 2.97. The maximum atomic E-state index is 12.6. The number of halogens is 6. The number of aryl methyl sites for hydroxylation is 2. The zero-order chi connectivity index (χ0) is 20.9. The van der Waals surface area contributed by atoms with Gasteiger partial charge in [-0.3, -0.25) is 9.48 Å². The van der Waals surface area contributed by atoms with Gasteiger partial charge in [0.15, 0.2) is 12.3 Å². The van der Waals surface area contributed by atoms with E-state index >= 15 is 0 Å². The summed E-state index contributed by atoms with van der Waals surface area (Å²) in [4.78, 5) is 12.1. The lowest BCUT2D eigenvalue weighted by Gasteiger charge is -2.10. The molecule has 1 heterocycles. The molecular weight excluding hydrogens is 392 g/mol. The first-order valence-corrected chi connectivity index (χ1v) is 8.15. The highest BCUT2D eigenvalue weighted by Crippen LogP contribution is 2.28. The van der Waals surface area contributed by atoms with Gasteiger partial charge in [-0.25, -0.2) is 0 Å². The summed E-state index contributed by atoms with van der Waals surface area (Å²) in [5, 5.41) is 6.02. The molecule has 2 rings (SSSR count). The van der Waals surface area contributed by atoms with E-state index in [1.165, 1.54) is 35.9 Å². The summed E-state index contributed by atoms with van der Waals surface area (Å²) in [6.45, 7) is 0.332. The van der Waals surface area contributed by atoms with Crippen LogP contribution in [0.2, 0.25) is 0 Å². The second kappa shape index (κ2) is 8.53. The van der Waals surface area contributed by atoms with Crippen molar-refractivity contribution >= 4 is 5.91 Å². The van der Waals surface area contributed by atoms with E-state index in [4.69, 9.17) is 0 Å². The van der Waals surface area contributed by atoms with Crippen LogP contribution in [-0.4, -0.2) is 35.0 Å². The summed E-state index contributed by atoms with van der Waals surface area (Å²) in [7, 11) is 0. The Kier molecular flexibility index (Phi) is 6.57. The fourth-order valence-electron chi connectivity index (χ4n) is 2.30. The summed E-state index contributed by atoms with van der Waals surface area (Å²) in [5.74, 6) is -0.637. The zero-order valence-corrected chi connectivity index (χ0v) is 14.7. The molecule has 2 aromatic rings. The molecule has 1 N–H and O–H groups in total. The molecule has 0 saturated heterocycles. The van der Waals surface area contributed by atoms with Crippen LogP contribution >= 0.6 is 0 Å². The number of nitrogens with zero attached hydrogens (tertiary/aromatic N) is 2. The van der Waals surface area contributed by atoms with Crippen molar-refractivity contribution in [2.45, 2.75) is 32.2 Å². The van der Waals surface area contributed by atoms with E-state index in [0.717, 1.165) is 6.07 Å². The minimum Gasteiger partial charge on any atom is -0.484 e. The lowest BCUT2D eigenvalue weighted by atomic mass is 10.2. The molecule has 1 aromatic carbocycles. The SMILES string of the molecule is Cc1cc(C(F)(F)F)nn1CCCNC(=O)c1cccc(OCC(F)(F)F)c1. The van der Waals surface area contributed by atoms with Gasteiger partial charge < -0.3 is 10.1 Å². The predicted octanol–water partition coefficient (Wildman–Crippen LogP) is 3.97. The van der Waals surface area contributed by atoms with E-state index in [0.29, 0.717) is 12.1 Å². The highest BCUT2D eigenvalue weighted by atomic mass is 19.4. The van der Waals surface area contributed by atoms with Gasteiger partial charge in [-0.2, -0.15) is 31.4 Å². The van der Waals surface area contributed by atoms with Gasteiger partial charge in [-0.15, -0.1) is 0 Å². The second-order valence-electron chi connectivity index (χ2n) is 5.93. The number of aromatic nitrogens is 2. The van der Waals surface area contributed by atoms with Gasteiger partial charge in [0, 0.05) is 24.3 Å². The summed E-state index contributed by atoms with van der Waals surface area (Å²) >= 11 is 0. The minimum absolute atomic E-state index is 0.100. The van der Waals surface area contributed by atoms with Crippen molar-refractivity contribution in [3.8, 4) is 5.75 Å². The Morgan fingerprint density at radius 2 is 1.89 bits per heavy atom. The van der Waals surface area contributed by atoms with Crippen LogP contribution in [0.1, 0.15) is 28.2 Å². The maximum Gasteiger partial charge on any atom is 0.435 e. The van der Waals surface area contributed by atoms with E-state index in [-0.39, 0.29) is 24.4 Å². The van der Waals surface area contributed by atoms with Crippen LogP contribution in [0.3, 0.4) is 0 Å². The van der Waals surface area contributed by atoms with Crippen molar-refractivity contribution < 1.29 is 35.9 Å². The van der Waals surface area contributed by atoms with Gasteiger partial charge >= 0.3 is 12.4 Å². The third kappa shape index (κ3) is 6.46. The van der Waals surface area contributed by atoms with Crippen LogP contribution in [0.5, 0.6) is 5.75 Å². The lowest BCUT2D eigenvalue weighted by Crippen LogP contribution is -2.25. The lowest BCUT2D eigenvalue weighted by molar-refractivity contribution is -0.153. The number of carbonyl (C=O) groups excluding carboxylic acids is 1. The van der Waals surface area contributed by atoms with E-state index in [2.05, 4.69) is 15.2 Å². The monoisotopic (exact) mass is 409 g/mol. The molecule has 5 nitrogen and oxygen atoms in total. The number of alkyl halides is 6. The average molecular weight is 409 g/mol. The van der Waals surface area contributed by atoms with E-state index in [1.54, 1.807) is 0 Å². The fraction of sp³-hybridized carbons (Fsp3) is 0.412. The highest BCUT2D eigenvalue weighted by molar-refractivity contribution is 5.94. The molecule has 0 fully saturated rings. The molecule has 1 amide bonds. The summed E-state index contributed by atoms with van der Waals surface area (Å²) in [5.41, 5.74) is -0.535. The van der Waals surface area contributed by atoms with Gasteiger partial charge in [0.05, 0.1) is 0 Å². The minimum atomic E-state index is -4.52. The quantitative estimate of drug-likeness (QED) is 0.556. The van der Waals surface area contributed by atoms with Crippen molar-refractivity contribution in [3.63, 3.8) is 0 Å². The number of hydrogen-bond donors (Lipinski definition) is 1. The van der Waals surface area contributed by atoms with Crippen molar-refractivity contribution in [2.24, 2.45) is 0 Å². The van der Waals surface area contributed by atoms with E-state index < -0.39 is 30.6 Å². The van der Waals surface area contributed by atoms with Crippen molar-refractivity contribution in [3.05, 3.63) is 47.3 Å². The zero-order valence-electron chi connectivity index (χ0n) is 14.7. The highest BCUT2D eigenvalue weighted by Gasteiger charge is 2.34. The van der Waals surface area contributed by atoms with E-state index in [1.807, 2.05) is 0 Å². The molecule has 0 aliphatic rings. The molecule has 0 spiro atoms. The Balaban J connectivity index is 1.84. The Bertz CT molecular complexity index is 814. The van der Waals surface area contributed by atoms with Crippen LogP contribution < -0.4 is 10.1 Å². The molecule has 154 valence electrons. The maximum absolute atomic E-state index is 12.6. The van der Waals surface area contributed by atoms with Crippen molar-refractivity contribution in [1.82, 2.24) is 15.1 Å². The van der Waals surface area contributed by atoms with Crippen LogP contribution in [-0.2, 0) is 12.7 Å². The molecule has 0 atom stereocenters. The Morgan fingerprint density at radius 3 is 2.50 bits per heavy atom. The summed E-state index contributed by atoms with van der Waals surface area (Å²) in [6, 6.07) is 6.19. The Labute approximate surface area is 156 Å². The first-order chi connectivity index (χ1) is 13.0. The van der Waals surface area contributed by atoms with Gasteiger partial charge in [0.25, 0.3) is 5.91 Å². The van der Waals surface area contributed by atoms with Crippen LogP contribution in [0.4, 0.5) is 26.3 Å². The third-order valence-electron chi connectivity index (χ3n) is 3.60. The number of amides is 1. The van der Waals surface area contributed by atoms with Crippen molar-refractivity contribution in [1.29, 1.82) is 0 Å². The molecule has 0 aliphatic carbocycles. The number of rotatable bonds is 7. The van der Waals surface area contributed by atoms with Gasteiger partial charge in [0.2, 0.25) is 0 Å². The predicted molar refractivity (Wildman–Crippen MR) is 86.9 cm³/mol. The Hall–Kier alpha value is -2.72. The first kappa shape index (κ1) is 21.6. The molecular formula is C17H17F6N3O2. The molecule has 0 bridgehead atoms.